The summed E-state index contributed by atoms with van der Waals surface area (Å²) in [5, 5.41) is 0. The van der Waals surface area contributed by atoms with Crippen molar-refractivity contribution in [1.82, 2.24) is 0 Å². The molecule has 0 spiro atoms. The second-order valence-corrected chi connectivity index (χ2v) is 9.40. The molecule has 3 aromatic carbocycles. The summed E-state index contributed by atoms with van der Waals surface area (Å²) in [6, 6.07) is 12.5. The van der Waals surface area contributed by atoms with Crippen LogP contribution in [0.25, 0.3) is 6.08 Å². The second-order valence-electron chi connectivity index (χ2n) is 6.64. The van der Waals surface area contributed by atoms with Crippen molar-refractivity contribution in [2.75, 3.05) is 0 Å². The molecule has 0 saturated heterocycles. The maximum absolute atomic E-state index is 12.5. The first-order valence-electron chi connectivity index (χ1n) is 9.21. The first-order valence-corrected chi connectivity index (χ1v) is 12.0. The van der Waals surface area contributed by atoms with Crippen molar-refractivity contribution in [2.45, 2.75) is 9.79 Å². The van der Waals surface area contributed by atoms with E-state index in [0.717, 1.165) is 48.5 Å². The minimum absolute atomic E-state index is 0. The molecule has 0 unspecified atom stereocenters. The van der Waals surface area contributed by atoms with E-state index in [2.05, 4.69) is 6.58 Å². The summed E-state index contributed by atoms with van der Waals surface area (Å²) >= 11 is 0. The van der Waals surface area contributed by atoms with Gasteiger partial charge in [-0.3, -0.25) is 0 Å². The van der Waals surface area contributed by atoms with Gasteiger partial charge in [-0.15, -0.1) is 0 Å². The summed E-state index contributed by atoms with van der Waals surface area (Å²) in [6.07, 6.45) is 1.30. The fourth-order valence-corrected chi connectivity index (χ4v) is 3.66. The Morgan fingerprint density at radius 3 is 1.50 bits per heavy atom. The van der Waals surface area contributed by atoms with Crippen LogP contribution in [0.4, 0.5) is 0 Å². The van der Waals surface area contributed by atoms with E-state index >= 15 is 0 Å². The predicted molar refractivity (Wildman–Crippen MR) is 115 cm³/mol. The third-order valence-electron chi connectivity index (χ3n) is 4.37. The SMILES string of the molecule is C=Cc1cc(C(=O)Oc2ccc(S(=O)(=O)[O-])cc2)ccc1C(=O)Oc1ccc(S(=O)(=O)[O-])cc1.[Na+].[Na+]. The molecule has 0 fully saturated rings. The molecule has 3 rings (SSSR count). The number of esters is 2. The number of ether oxygens (including phenoxy) is 2. The summed E-state index contributed by atoms with van der Waals surface area (Å²) in [5.41, 5.74) is 0.306. The van der Waals surface area contributed by atoms with Crippen LogP contribution in [0.3, 0.4) is 0 Å². The summed E-state index contributed by atoms with van der Waals surface area (Å²) in [5.74, 6) is -1.68. The van der Waals surface area contributed by atoms with Crippen LogP contribution in [0.15, 0.2) is 83.1 Å². The average Bonchev–Trinajstić information content (AvgIpc) is 2.78. The van der Waals surface area contributed by atoms with Gasteiger partial charge in [-0.1, -0.05) is 12.7 Å². The third-order valence-corrected chi connectivity index (χ3v) is 6.07. The fraction of sp³-hybridized carbons (Fsp3) is 0. The molecule has 14 heteroatoms. The molecule has 176 valence electrons. The predicted octanol–water partition coefficient (Wildman–Crippen LogP) is -3.42. The number of rotatable bonds is 7. The molecule has 0 radical (unpaired) electrons. The smallest absolute Gasteiger partial charge is 0.744 e. The van der Waals surface area contributed by atoms with Crippen molar-refractivity contribution in [3.63, 3.8) is 0 Å². The van der Waals surface area contributed by atoms with Gasteiger partial charge in [0.2, 0.25) is 0 Å². The molecule has 0 N–H and O–H groups in total. The molecule has 3 aromatic rings. The van der Waals surface area contributed by atoms with E-state index in [1.807, 2.05) is 0 Å². The second kappa shape index (κ2) is 13.1. The van der Waals surface area contributed by atoms with Crippen molar-refractivity contribution in [1.29, 1.82) is 0 Å². The minimum Gasteiger partial charge on any atom is -0.744 e. The molecular weight excluding hydrogens is 534 g/mol. The average molecular weight is 548 g/mol. The van der Waals surface area contributed by atoms with Gasteiger partial charge >= 0.3 is 71.1 Å². The Hall–Kier alpha value is -1.84. The summed E-state index contributed by atoms with van der Waals surface area (Å²) in [4.78, 5) is 24.0. The van der Waals surface area contributed by atoms with Gasteiger partial charge in [0.25, 0.3) is 0 Å². The van der Waals surface area contributed by atoms with Crippen molar-refractivity contribution < 1.29 is 104 Å². The first kappa shape index (κ1) is 32.2. The summed E-state index contributed by atoms with van der Waals surface area (Å²) in [6.45, 7) is 3.59. The van der Waals surface area contributed by atoms with E-state index in [1.165, 1.54) is 24.3 Å². The topological polar surface area (TPSA) is 167 Å². The molecule has 0 aliphatic heterocycles. The molecule has 36 heavy (non-hydrogen) atoms. The minimum atomic E-state index is -4.64. The van der Waals surface area contributed by atoms with E-state index in [1.54, 1.807) is 0 Å². The molecular formula is C22H14Na2O10S2. The molecule has 0 saturated carbocycles. The zero-order valence-corrected chi connectivity index (χ0v) is 24.7. The third kappa shape index (κ3) is 8.35. The monoisotopic (exact) mass is 548 g/mol. The van der Waals surface area contributed by atoms with Crippen molar-refractivity contribution >= 4 is 38.3 Å². The van der Waals surface area contributed by atoms with Gasteiger partial charge in [-0.05, 0) is 72.3 Å². The fourth-order valence-electron chi connectivity index (χ4n) is 2.72. The number of hydrogen-bond acceptors (Lipinski definition) is 10. The van der Waals surface area contributed by atoms with E-state index in [4.69, 9.17) is 9.47 Å². The van der Waals surface area contributed by atoms with Crippen LogP contribution in [0.1, 0.15) is 26.3 Å². The van der Waals surface area contributed by atoms with Crippen molar-refractivity contribution in [2.24, 2.45) is 0 Å². The molecule has 0 aliphatic rings. The van der Waals surface area contributed by atoms with Crippen LogP contribution in [0.5, 0.6) is 11.5 Å². The Balaban J connectivity index is 0.00000324. The van der Waals surface area contributed by atoms with E-state index < -0.39 is 42.0 Å². The normalized spacial score (nSPS) is 10.8. The van der Waals surface area contributed by atoms with E-state index in [0.29, 0.717) is 0 Å². The van der Waals surface area contributed by atoms with Crippen LogP contribution < -0.4 is 68.6 Å². The quantitative estimate of drug-likeness (QED) is 0.126. The largest absolute Gasteiger partial charge is 1.00 e. The zero-order chi connectivity index (χ0) is 25.1. The molecule has 0 aromatic heterocycles. The Bertz CT molecular complexity index is 1480. The number of hydrogen-bond donors (Lipinski definition) is 0. The first-order chi connectivity index (χ1) is 15.9. The van der Waals surface area contributed by atoms with Crippen molar-refractivity contribution in [3.8, 4) is 11.5 Å². The van der Waals surface area contributed by atoms with Crippen LogP contribution in [0.2, 0.25) is 0 Å². The number of carbonyl (C=O) groups is 2. The summed E-state index contributed by atoms with van der Waals surface area (Å²) in [7, 11) is -9.28. The van der Waals surface area contributed by atoms with Gasteiger partial charge in [0.05, 0.1) is 20.9 Å². The molecule has 0 amide bonds. The zero-order valence-electron chi connectivity index (χ0n) is 19.0. The van der Waals surface area contributed by atoms with Crippen LogP contribution in [-0.4, -0.2) is 37.9 Å². The standard InChI is InChI=1S/C22H16O10S2.2Na/c1-2-14-13-15(21(23)31-16-4-8-18(9-5-16)33(25,26)27)3-12-20(14)22(24)32-17-6-10-19(11-7-17)34(28,29)30;;/h2-13H,1H2,(H,25,26,27)(H,28,29,30);;/q;2*+1/p-2. The molecule has 0 heterocycles. The van der Waals surface area contributed by atoms with Gasteiger partial charge in [-0.2, -0.15) is 0 Å². The summed E-state index contributed by atoms with van der Waals surface area (Å²) < 4.78 is 76.2. The van der Waals surface area contributed by atoms with Gasteiger partial charge < -0.3 is 18.6 Å². The molecule has 0 aliphatic carbocycles. The molecule has 0 bridgehead atoms. The molecule has 0 atom stereocenters. The van der Waals surface area contributed by atoms with Gasteiger partial charge in [0, 0.05) is 0 Å². The van der Waals surface area contributed by atoms with E-state index in [-0.39, 0.29) is 87.3 Å². The van der Waals surface area contributed by atoms with Crippen LogP contribution in [-0.2, 0) is 20.2 Å². The van der Waals surface area contributed by atoms with Gasteiger partial charge in [0.15, 0.2) is 0 Å². The van der Waals surface area contributed by atoms with Gasteiger partial charge in [-0.25, -0.2) is 26.4 Å². The Morgan fingerprint density at radius 1 is 0.694 bits per heavy atom. The van der Waals surface area contributed by atoms with Gasteiger partial charge in [0.1, 0.15) is 31.7 Å². The maximum Gasteiger partial charge on any atom is 1.00 e. The Labute approximate surface area is 251 Å². The number of carbonyl (C=O) groups excluding carboxylic acids is 2. The van der Waals surface area contributed by atoms with Crippen molar-refractivity contribution in [3.05, 3.63) is 90.0 Å². The molecule has 10 nitrogen and oxygen atoms in total. The number of benzene rings is 3. The Morgan fingerprint density at radius 2 is 1.11 bits per heavy atom. The Kier molecular flexibility index (Phi) is 11.7. The van der Waals surface area contributed by atoms with Crippen LogP contribution in [0, 0.1) is 0 Å². The maximum atomic E-state index is 12.5. The van der Waals surface area contributed by atoms with Crippen LogP contribution >= 0.6 is 0 Å². The van der Waals surface area contributed by atoms with E-state index in [9.17, 15) is 35.5 Å².